The lowest BCUT2D eigenvalue weighted by molar-refractivity contribution is 0.204. The van der Waals surface area contributed by atoms with E-state index in [-0.39, 0.29) is 6.10 Å². The molecule has 1 aliphatic heterocycles. The first-order valence-electron chi connectivity index (χ1n) is 7.28. The SMILES string of the molecule is Cc1ccc(C)c(OC2CCc3ccccc3NC2)c1. The highest BCUT2D eigenvalue weighted by Crippen LogP contribution is 2.25. The quantitative estimate of drug-likeness (QED) is 0.884. The van der Waals surface area contributed by atoms with E-state index in [0.29, 0.717) is 0 Å². The van der Waals surface area contributed by atoms with Gasteiger partial charge in [0, 0.05) is 5.69 Å². The van der Waals surface area contributed by atoms with Gasteiger partial charge in [-0.15, -0.1) is 0 Å². The van der Waals surface area contributed by atoms with E-state index in [1.54, 1.807) is 0 Å². The van der Waals surface area contributed by atoms with Crippen molar-refractivity contribution >= 4 is 5.69 Å². The van der Waals surface area contributed by atoms with Crippen LogP contribution in [0.5, 0.6) is 5.75 Å². The molecule has 0 radical (unpaired) electrons. The van der Waals surface area contributed by atoms with Crippen molar-refractivity contribution in [2.24, 2.45) is 0 Å². The van der Waals surface area contributed by atoms with Gasteiger partial charge in [0.05, 0.1) is 6.54 Å². The van der Waals surface area contributed by atoms with Crippen LogP contribution in [0.25, 0.3) is 0 Å². The Hall–Kier alpha value is -1.96. The van der Waals surface area contributed by atoms with Crippen molar-refractivity contribution in [1.29, 1.82) is 0 Å². The molecule has 0 fully saturated rings. The lowest BCUT2D eigenvalue weighted by atomic mass is 10.1. The van der Waals surface area contributed by atoms with Crippen molar-refractivity contribution in [3.8, 4) is 5.75 Å². The average molecular weight is 267 g/mol. The van der Waals surface area contributed by atoms with Gasteiger partial charge in [0.15, 0.2) is 0 Å². The maximum Gasteiger partial charge on any atom is 0.122 e. The van der Waals surface area contributed by atoms with Gasteiger partial charge in [0.2, 0.25) is 0 Å². The number of hydrogen-bond acceptors (Lipinski definition) is 2. The summed E-state index contributed by atoms with van der Waals surface area (Å²) in [6.07, 6.45) is 2.35. The Balaban J connectivity index is 1.73. The number of rotatable bonds is 2. The Morgan fingerprint density at radius 2 is 1.95 bits per heavy atom. The summed E-state index contributed by atoms with van der Waals surface area (Å²) in [5, 5.41) is 3.50. The molecule has 0 saturated heterocycles. The summed E-state index contributed by atoms with van der Waals surface area (Å²) in [6.45, 7) is 5.07. The molecule has 0 spiro atoms. The van der Waals surface area contributed by atoms with Crippen molar-refractivity contribution in [1.82, 2.24) is 0 Å². The van der Waals surface area contributed by atoms with Crippen LogP contribution in [0.2, 0.25) is 0 Å². The Morgan fingerprint density at radius 3 is 2.85 bits per heavy atom. The third kappa shape index (κ3) is 2.79. The zero-order chi connectivity index (χ0) is 13.9. The number of aryl methyl sites for hydroxylation is 3. The molecule has 2 heteroatoms. The number of anilines is 1. The zero-order valence-corrected chi connectivity index (χ0v) is 12.1. The van der Waals surface area contributed by atoms with Crippen LogP contribution in [0.4, 0.5) is 5.69 Å². The fourth-order valence-corrected chi connectivity index (χ4v) is 2.67. The fourth-order valence-electron chi connectivity index (χ4n) is 2.67. The molecule has 2 aromatic carbocycles. The predicted molar refractivity (Wildman–Crippen MR) is 83.6 cm³/mol. The third-order valence-corrected chi connectivity index (χ3v) is 3.91. The van der Waals surface area contributed by atoms with E-state index >= 15 is 0 Å². The van der Waals surface area contributed by atoms with Crippen LogP contribution in [0, 0.1) is 13.8 Å². The second-order valence-corrected chi connectivity index (χ2v) is 5.59. The normalized spacial score (nSPS) is 17.8. The molecule has 0 saturated carbocycles. The maximum absolute atomic E-state index is 6.22. The molecule has 2 nitrogen and oxygen atoms in total. The van der Waals surface area contributed by atoms with Gasteiger partial charge in [-0.2, -0.15) is 0 Å². The predicted octanol–water partition coefficient (Wildman–Crippen LogP) is 4.11. The minimum Gasteiger partial charge on any atom is -0.488 e. The molecule has 3 rings (SSSR count). The van der Waals surface area contributed by atoms with E-state index in [0.717, 1.165) is 25.1 Å². The van der Waals surface area contributed by atoms with E-state index in [9.17, 15) is 0 Å². The highest BCUT2D eigenvalue weighted by molar-refractivity contribution is 5.52. The van der Waals surface area contributed by atoms with E-state index in [1.165, 1.54) is 22.4 Å². The first kappa shape index (κ1) is 13.0. The molecule has 1 heterocycles. The van der Waals surface area contributed by atoms with Crippen molar-refractivity contribution in [3.05, 3.63) is 59.2 Å². The lowest BCUT2D eigenvalue weighted by Gasteiger charge is -2.19. The molecular weight excluding hydrogens is 246 g/mol. The Bertz CT molecular complexity index is 579. The number of fused-ring (bicyclic) bond motifs is 1. The van der Waals surface area contributed by atoms with Crippen molar-refractivity contribution < 1.29 is 4.74 Å². The minimum absolute atomic E-state index is 0.225. The first-order valence-corrected chi connectivity index (χ1v) is 7.28. The number of nitrogens with one attached hydrogen (secondary N) is 1. The monoisotopic (exact) mass is 267 g/mol. The summed E-state index contributed by atoms with van der Waals surface area (Å²) in [5.41, 5.74) is 5.09. The van der Waals surface area contributed by atoms with Crippen LogP contribution in [-0.2, 0) is 6.42 Å². The lowest BCUT2D eigenvalue weighted by Crippen LogP contribution is -2.25. The topological polar surface area (TPSA) is 21.3 Å². The van der Waals surface area contributed by atoms with Crippen molar-refractivity contribution in [2.45, 2.75) is 32.8 Å². The molecule has 1 atom stereocenters. The standard InChI is InChI=1S/C18H21NO/c1-13-7-8-14(2)18(11-13)20-16-10-9-15-5-3-4-6-17(15)19-12-16/h3-8,11,16,19H,9-10,12H2,1-2H3. The van der Waals surface area contributed by atoms with Gasteiger partial charge in [-0.05, 0) is 55.5 Å². The molecule has 2 aromatic rings. The van der Waals surface area contributed by atoms with Crippen LogP contribution in [-0.4, -0.2) is 12.6 Å². The number of ether oxygens (including phenoxy) is 1. The molecular formula is C18H21NO. The van der Waals surface area contributed by atoms with Crippen LogP contribution >= 0.6 is 0 Å². The number of hydrogen-bond donors (Lipinski definition) is 1. The molecule has 1 aliphatic rings. The molecule has 0 amide bonds. The number of benzene rings is 2. The summed E-state index contributed by atoms with van der Waals surface area (Å²) in [4.78, 5) is 0. The molecule has 0 aromatic heterocycles. The third-order valence-electron chi connectivity index (χ3n) is 3.91. The smallest absolute Gasteiger partial charge is 0.122 e. The van der Waals surface area contributed by atoms with Gasteiger partial charge >= 0.3 is 0 Å². The largest absolute Gasteiger partial charge is 0.488 e. The van der Waals surface area contributed by atoms with Gasteiger partial charge in [0.1, 0.15) is 11.9 Å². The summed E-state index contributed by atoms with van der Waals surface area (Å²) in [6, 6.07) is 14.9. The molecule has 104 valence electrons. The van der Waals surface area contributed by atoms with Gasteiger partial charge < -0.3 is 10.1 Å². The summed E-state index contributed by atoms with van der Waals surface area (Å²) in [5.74, 6) is 1.02. The van der Waals surface area contributed by atoms with Crippen molar-refractivity contribution in [2.75, 3.05) is 11.9 Å². The second kappa shape index (κ2) is 5.58. The summed E-state index contributed by atoms with van der Waals surface area (Å²) < 4.78 is 6.22. The minimum atomic E-state index is 0.225. The highest BCUT2D eigenvalue weighted by atomic mass is 16.5. The van der Waals surface area contributed by atoms with Crippen molar-refractivity contribution in [3.63, 3.8) is 0 Å². The summed E-state index contributed by atoms with van der Waals surface area (Å²) in [7, 11) is 0. The van der Waals surface area contributed by atoms with E-state index in [1.807, 2.05) is 0 Å². The van der Waals surface area contributed by atoms with Gasteiger partial charge in [0.25, 0.3) is 0 Å². The molecule has 1 N–H and O–H groups in total. The van der Waals surface area contributed by atoms with E-state index in [2.05, 4.69) is 61.6 Å². The maximum atomic E-state index is 6.22. The molecule has 0 aliphatic carbocycles. The average Bonchev–Trinajstić information content (AvgIpc) is 2.66. The van der Waals surface area contributed by atoms with E-state index < -0.39 is 0 Å². The Kier molecular flexibility index (Phi) is 3.64. The highest BCUT2D eigenvalue weighted by Gasteiger charge is 2.17. The van der Waals surface area contributed by atoms with Crippen LogP contribution in [0.15, 0.2) is 42.5 Å². The van der Waals surface area contributed by atoms with Crippen LogP contribution in [0.3, 0.4) is 0 Å². The van der Waals surface area contributed by atoms with Gasteiger partial charge in [-0.3, -0.25) is 0 Å². The molecule has 0 bridgehead atoms. The second-order valence-electron chi connectivity index (χ2n) is 5.59. The zero-order valence-electron chi connectivity index (χ0n) is 12.1. The first-order chi connectivity index (χ1) is 9.72. The Labute approximate surface area is 120 Å². The van der Waals surface area contributed by atoms with Crippen LogP contribution in [0.1, 0.15) is 23.1 Å². The Morgan fingerprint density at radius 1 is 1.10 bits per heavy atom. The van der Waals surface area contributed by atoms with E-state index in [4.69, 9.17) is 4.74 Å². The van der Waals surface area contributed by atoms with Gasteiger partial charge in [-0.1, -0.05) is 30.3 Å². The summed E-state index contributed by atoms with van der Waals surface area (Å²) >= 11 is 0. The van der Waals surface area contributed by atoms with Crippen LogP contribution < -0.4 is 10.1 Å². The fraction of sp³-hybridized carbons (Fsp3) is 0.333. The van der Waals surface area contributed by atoms with Gasteiger partial charge in [-0.25, -0.2) is 0 Å². The molecule has 20 heavy (non-hydrogen) atoms. The number of para-hydroxylation sites is 1. The molecule has 1 unspecified atom stereocenters.